The lowest BCUT2D eigenvalue weighted by Crippen LogP contribution is -2.19. The molecule has 0 unspecified atom stereocenters. The SMILES string of the molecule is Fc1cc2c(cc1Cl)CC(c1ccc(N3CCCC3)nc1)=N2. The van der Waals surface area contributed by atoms with E-state index < -0.39 is 5.82 Å². The van der Waals surface area contributed by atoms with E-state index >= 15 is 0 Å². The normalized spacial score (nSPS) is 16.8. The molecule has 1 saturated heterocycles. The van der Waals surface area contributed by atoms with Gasteiger partial charge < -0.3 is 4.90 Å². The van der Waals surface area contributed by atoms with Gasteiger partial charge in [0.2, 0.25) is 0 Å². The maximum absolute atomic E-state index is 13.5. The highest BCUT2D eigenvalue weighted by Gasteiger charge is 2.19. The molecule has 0 saturated carbocycles. The number of aromatic nitrogens is 1. The van der Waals surface area contributed by atoms with Gasteiger partial charge in [-0.1, -0.05) is 11.6 Å². The Morgan fingerprint density at radius 3 is 2.68 bits per heavy atom. The van der Waals surface area contributed by atoms with Crippen molar-refractivity contribution in [3.8, 4) is 0 Å². The predicted molar refractivity (Wildman–Crippen MR) is 87.0 cm³/mol. The Bertz CT molecular complexity index is 749. The van der Waals surface area contributed by atoms with Crippen molar-refractivity contribution in [2.75, 3.05) is 18.0 Å². The van der Waals surface area contributed by atoms with E-state index in [0.717, 1.165) is 35.7 Å². The number of halogens is 2. The van der Waals surface area contributed by atoms with E-state index in [4.69, 9.17) is 11.6 Å². The van der Waals surface area contributed by atoms with Gasteiger partial charge in [0, 0.05) is 37.3 Å². The van der Waals surface area contributed by atoms with Crippen LogP contribution in [-0.2, 0) is 6.42 Å². The smallest absolute Gasteiger partial charge is 0.143 e. The van der Waals surface area contributed by atoms with E-state index in [2.05, 4.69) is 14.9 Å². The van der Waals surface area contributed by atoms with E-state index in [1.165, 1.54) is 18.9 Å². The Balaban J connectivity index is 1.59. The molecule has 2 aliphatic rings. The Kier molecular flexibility index (Phi) is 3.34. The third-order valence-corrected chi connectivity index (χ3v) is 4.54. The van der Waals surface area contributed by atoms with E-state index in [-0.39, 0.29) is 5.02 Å². The molecule has 0 bridgehead atoms. The predicted octanol–water partition coefficient (Wildman–Crippen LogP) is 4.15. The maximum Gasteiger partial charge on any atom is 0.143 e. The number of pyridine rings is 1. The monoisotopic (exact) mass is 315 g/mol. The highest BCUT2D eigenvalue weighted by molar-refractivity contribution is 6.31. The van der Waals surface area contributed by atoms with Gasteiger partial charge in [-0.2, -0.15) is 0 Å². The largest absolute Gasteiger partial charge is 0.357 e. The lowest BCUT2D eigenvalue weighted by Gasteiger charge is -2.16. The van der Waals surface area contributed by atoms with Crippen molar-refractivity contribution >= 4 is 28.8 Å². The summed E-state index contributed by atoms with van der Waals surface area (Å²) in [5.74, 6) is 0.597. The van der Waals surface area contributed by atoms with Gasteiger partial charge in [0.05, 0.1) is 16.4 Å². The number of hydrogen-bond donors (Lipinski definition) is 0. The van der Waals surface area contributed by atoms with Crippen molar-refractivity contribution in [2.24, 2.45) is 4.99 Å². The van der Waals surface area contributed by atoms with Gasteiger partial charge in [0.25, 0.3) is 0 Å². The van der Waals surface area contributed by atoms with Crippen molar-refractivity contribution in [3.05, 3.63) is 52.4 Å². The number of rotatable bonds is 2. The Morgan fingerprint density at radius 2 is 1.95 bits per heavy atom. The molecular weight excluding hydrogens is 301 g/mol. The third-order valence-electron chi connectivity index (χ3n) is 4.25. The fraction of sp³-hybridized carbons (Fsp3) is 0.294. The summed E-state index contributed by atoms with van der Waals surface area (Å²) in [5.41, 5.74) is 3.53. The van der Waals surface area contributed by atoms with Crippen LogP contribution < -0.4 is 4.90 Å². The van der Waals surface area contributed by atoms with Crippen LogP contribution in [0.3, 0.4) is 0 Å². The number of benzene rings is 1. The first-order valence-electron chi connectivity index (χ1n) is 7.47. The van der Waals surface area contributed by atoms with Gasteiger partial charge in [0.1, 0.15) is 11.6 Å². The lowest BCUT2D eigenvalue weighted by atomic mass is 10.1. The minimum Gasteiger partial charge on any atom is -0.357 e. The molecule has 0 atom stereocenters. The van der Waals surface area contributed by atoms with Gasteiger partial charge in [0.15, 0.2) is 0 Å². The van der Waals surface area contributed by atoms with Crippen molar-refractivity contribution in [2.45, 2.75) is 19.3 Å². The Hall–Kier alpha value is -1.94. The second kappa shape index (κ2) is 5.36. The van der Waals surface area contributed by atoms with E-state index in [1.807, 2.05) is 18.3 Å². The second-order valence-corrected chi connectivity index (χ2v) is 6.14. The molecule has 22 heavy (non-hydrogen) atoms. The molecule has 112 valence electrons. The number of anilines is 1. The first kappa shape index (κ1) is 13.7. The summed E-state index contributed by atoms with van der Waals surface area (Å²) >= 11 is 5.84. The average molecular weight is 316 g/mol. The molecule has 1 aromatic carbocycles. The maximum atomic E-state index is 13.5. The first-order chi connectivity index (χ1) is 10.7. The van der Waals surface area contributed by atoms with Gasteiger partial charge >= 0.3 is 0 Å². The molecule has 2 aromatic rings. The van der Waals surface area contributed by atoms with Gasteiger partial charge in [-0.3, -0.25) is 4.99 Å². The highest BCUT2D eigenvalue weighted by Crippen LogP contribution is 2.33. The van der Waals surface area contributed by atoms with Gasteiger partial charge in [-0.05, 0) is 36.6 Å². The summed E-state index contributed by atoms with van der Waals surface area (Å²) in [7, 11) is 0. The summed E-state index contributed by atoms with van der Waals surface area (Å²) in [6.07, 6.45) is 4.99. The van der Waals surface area contributed by atoms with Crippen LogP contribution in [0.4, 0.5) is 15.9 Å². The minimum absolute atomic E-state index is 0.151. The van der Waals surface area contributed by atoms with Crippen LogP contribution in [-0.4, -0.2) is 23.8 Å². The molecular formula is C17H15ClFN3. The molecule has 0 aliphatic carbocycles. The molecule has 3 nitrogen and oxygen atoms in total. The van der Waals surface area contributed by atoms with Crippen LogP contribution in [0.1, 0.15) is 24.0 Å². The van der Waals surface area contributed by atoms with Crippen LogP contribution >= 0.6 is 11.6 Å². The zero-order valence-electron chi connectivity index (χ0n) is 12.0. The Labute approximate surface area is 133 Å². The van der Waals surface area contributed by atoms with Crippen LogP contribution in [0.15, 0.2) is 35.5 Å². The third kappa shape index (κ3) is 2.37. The molecule has 3 heterocycles. The molecule has 1 aromatic heterocycles. The van der Waals surface area contributed by atoms with Crippen molar-refractivity contribution in [3.63, 3.8) is 0 Å². The zero-order chi connectivity index (χ0) is 15.1. The van der Waals surface area contributed by atoms with E-state index in [1.54, 1.807) is 6.07 Å². The van der Waals surface area contributed by atoms with Gasteiger partial charge in [-0.25, -0.2) is 9.37 Å². The Morgan fingerprint density at radius 1 is 1.14 bits per heavy atom. The fourth-order valence-electron chi connectivity index (χ4n) is 3.05. The molecule has 0 N–H and O–H groups in total. The second-order valence-electron chi connectivity index (χ2n) is 5.73. The van der Waals surface area contributed by atoms with Crippen LogP contribution in [0, 0.1) is 5.82 Å². The first-order valence-corrected chi connectivity index (χ1v) is 7.85. The van der Waals surface area contributed by atoms with Crippen molar-refractivity contribution < 1.29 is 4.39 Å². The molecule has 5 heteroatoms. The summed E-state index contributed by atoms with van der Waals surface area (Å²) in [5, 5.41) is 0.151. The molecule has 0 radical (unpaired) electrons. The number of aliphatic imine (C=N–C) groups is 1. The van der Waals surface area contributed by atoms with Crippen LogP contribution in [0.2, 0.25) is 5.02 Å². The summed E-state index contributed by atoms with van der Waals surface area (Å²) in [6, 6.07) is 7.15. The van der Waals surface area contributed by atoms with E-state index in [9.17, 15) is 4.39 Å². The van der Waals surface area contributed by atoms with Crippen LogP contribution in [0.25, 0.3) is 0 Å². The molecule has 4 rings (SSSR count). The lowest BCUT2D eigenvalue weighted by molar-refractivity contribution is 0.628. The average Bonchev–Trinajstić information content (AvgIpc) is 3.17. The zero-order valence-corrected chi connectivity index (χ0v) is 12.8. The quantitative estimate of drug-likeness (QED) is 0.833. The highest BCUT2D eigenvalue weighted by atomic mass is 35.5. The number of nitrogens with zero attached hydrogens (tertiary/aromatic N) is 3. The molecule has 0 amide bonds. The minimum atomic E-state index is -0.423. The topological polar surface area (TPSA) is 28.5 Å². The van der Waals surface area contributed by atoms with E-state index in [0.29, 0.717) is 12.1 Å². The fourth-order valence-corrected chi connectivity index (χ4v) is 3.23. The summed E-state index contributed by atoms with van der Waals surface area (Å²) < 4.78 is 13.5. The van der Waals surface area contributed by atoms with Crippen LogP contribution in [0.5, 0.6) is 0 Å². The standard InChI is InChI=1S/C17H15ClFN3/c18-13-7-12-8-15(21-16(12)9-14(13)19)11-3-4-17(20-10-11)22-5-1-2-6-22/h3-4,7,9-10H,1-2,5-6,8H2. The number of fused-ring (bicyclic) bond motifs is 1. The molecule has 2 aliphatic heterocycles. The van der Waals surface area contributed by atoms with Crippen molar-refractivity contribution in [1.82, 2.24) is 4.98 Å². The van der Waals surface area contributed by atoms with Gasteiger partial charge in [-0.15, -0.1) is 0 Å². The molecule has 1 fully saturated rings. The molecule has 0 spiro atoms. The summed E-state index contributed by atoms with van der Waals surface area (Å²) in [6.45, 7) is 2.16. The van der Waals surface area contributed by atoms with Crippen molar-refractivity contribution in [1.29, 1.82) is 0 Å². The summed E-state index contributed by atoms with van der Waals surface area (Å²) in [4.78, 5) is 11.4. The number of hydrogen-bond acceptors (Lipinski definition) is 3.